The van der Waals surface area contributed by atoms with Crippen molar-refractivity contribution >= 4 is 12.2 Å². The lowest BCUT2D eigenvalue weighted by atomic mass is 10.1. The lowest BCUT2D eigenvalue weighted by molar-refractivity contribution is -0.695. The Morgan fingerprint density at radius 1 is 1.00 bits per heavy atom. The molecule has 1 aromatic heterocycles. The molecule has 0 aliphatic rings. The van der Waals surface area contributed by atoms with E-state index in [4.69, 9.17) is 9.47 Å². The molecule has 20 heavy (non-hydrogen) atoms. The number of benzene rings is 1. The summed E-state index contributed by atoms with van der Waals surface area (Å²) in [4.78, 5) is 0. The van der Waals surface area contributed by atoms with E-state index < -0.39 is 0 Å². The van der Waals surface area contributed by atoms with Crippen molar-refractivity contribution in [2.45, 2.75) is 13.5 Å². The van der Waals surface area contributed by atoms with Gasteiger partial charge >= 0.3 is 0 Å². The van der Waals surface area contributed by atoms with E-state index in [0.717, 1.165) is 23.6 Å². The maximum absolute atomic E-state index is 5.31. The summed E-state index contributed by atoms with van der Waals surface area (Å²) in [5, 5.41) is 0. The average Bonchev–Trinajstić information content (AvgIpc) is 2.52. The molecule has 0 atom stereocenters. The number of hydrogen-bond donors (Lipinski definition) is 0. The summed E-state index contributed by atoms with van der Waals surface area (Å²) in [6.45, 7) is 3.08. The van der Waals surface area contributed by atoms with Crippen LogP contribution < -0.4 is 14.0 Å². The Morgan fingerprint density at radius 3 is 2.50 bits per heavy atom. The van der Waals surface area contributed by atoms with Gasteiger partial charge in [0.1, 0.15) is 6.54 Å². The van der Waals surface area contributed by atoms with E-state index in [-0.39, 0.29) is 0 Å². The van der Waals surface area contributed by atoms with Gasteiger partial charge in [-0.25, -0.2) is 0 Å². The van der Waals surface area contributed by atoms with Gasteiger partial charge in [-0.2, -0.15) is 4.57 Å². The third-order valence-corrected chi connectivity index (χ3v) is 3.17. The zero-order chi connectivity index (χ0) is 14.4. The molecule has 3 heteroatoms. The lowest BCUT2D eigenvalue weighted by Gasteiger charge is -2.07. The Balaban J connectivity index is 2.27. The Labute approximate surface area is 120 Å². The van der Waals surface area contributed by atoms with Gasteiger partial charge in [0.25, 0.3) is 0 Å². The molecule has 0 saturated heterocycles. The van der Waals surface area contributed by atoms with Crippen molar-refractivity contribution in [2.75, 3.05) is 14.2 Å². The van der Waals surface area contributed by atoms with Crippen molar-refractivity contribution in [1.29, 1.82) is 0 Å². The first-order chi connectivity index (χ1) is 9.78. The van der Waals surface area contributed by atoms with Gasteiger partial charge in [-0.05, 0) is 36.8 Å². The predicted octanol–water partition coefficient (Wildman–Crippen LogP) is 3.18. The lowest BCUT2D eigenvalue weighted by Crippen LogP contribution is -2.34. The van der Waals surface area contributed by atoms with E-state index in [9.17, 15) is 0 Å². The number of aromatic nitrogens is 1. The smallest absolute Gasteiger partial charge is 0.205 e. The van der Waals surface area contributed by atoms with Crippen molar-refractivity contribution in [3.8, 4) is 11.5 Å². The molecular formula is C17H20NO2+. The summed E-state index contributed by atoms with van der Waals surface area (Å²) in [6.07, 6.45) is 6.25. The zero-order valence-corrected chi connectivity index (χ0v) is 12.2. The first-order valence-corrected chi connectivity index (χ1v) is 6.67. The number of ether oxygens (including phenoxy) is 2. The molecule has 3 nitrogen and oxygen atoms in total. The quantitative estimate of drug-likeness (QED) is 0.779. The molecule has 0 aliphatic heterocycles. The molecule has 0 saturated carbocycles. The van der Waals surface area contributed by atoms with E-state index >= 15 is 0 Å². The van der Waals surface area contributed by atoms with Crippen LogP contribution in [0.1, 0.15) is 18.2 Å². The number of rotatable bonds is 5. The molecule has 0 spiro atoms. The molecule has 0 amide bonds. The monoisotopic (exact) mass is 270 g/mol. The van der Waals surface area contributed by atoms with E-state index in [1.165, 1.54) is 5.69 Å². The van der Waals surface area contributed by atoms with Gasteiger partial charge in [-0.1, -0.05) is 6.07 Å². The van der Waals surface area contributed by atoms with Gasteiger partial charge in [-0.3, -0.25) is 0 Å². The number of nitrogens with zero attached hydrogens (tertiary/aromatic N) is 1. The highest BCUT2D eigenvalue weighted by Crippen LogP contribution is 2.28. The summed E-state index contributed by atoms with van der Waals surface area (Å²) in [5.41, 5.74) is 2.25. The zero-order valence-electron chi connectivity index (χ0n) is 12.2. The van der Waals surface area contributed by atoms with E-state index in [1.54, 1.807) is 14.2 Å². The number of pyridine rings is 1. The molecule has 2 aromatic rings. The highest BCUT2D eigenvalue weighted by molar-refractivity contribution is 5.68. The fraction of sp³-hybridized carbons (Fsp3) is 0.235. The van der Waals surface area contributed by atoms with Gasteiger partial charge in [0.05, 0.1) is 14.2 Å². The highest BCUT2D eigenvalue weighted by atomic mass is 16.5. The van der Waals surface area contributed by atoms with Crippen molar-refractivity contribution in [1.82, 2.24) is 0 Å². The average molecular weight is 270 g/mol. The van der Waals surface area contributed by atoms with Gasteiger partial charge < -0.3 is 9.47 Å². The SMILES string of the molecule is CC[n+]1ccccc1/C=C/c1ccc(OC)c(OC)c1. The van der Waals surface area contributed by atoms with Gasteiger partial charge in [0.15, 0.2) is 17.7 Å². The molecule has 0 bridgehead atoms. The second-order valence-electron chi connectivity index (χ2n) is 4.36. The minimum atomic E-state index is 0.742. The van der Waals surface area contributed by atoms with Crippen LogP contribution in [0.4, 0.5) is 0 Å². The Kier molecular flexibility index (Phi) is 4.77. The second kappa shape index (κ2) is 6.75. The summed E-state index contributed by atoms with van der Waals surface area (Å²) in [7, 11) is 3.29. The minimum absolute atomic E-state index is 0.742. The number of aryl methyl sites for hydroxylation is 1. The van der Waals surface area contributed by atoms with Crippen LogP contribution in [0.15, 0.2) is 42.6 Å². The molecule has 0 fully saturated rings. The maximum Gasteiger partial charge on any atom is 0.205 e. The van der Waals surface area contributed by atoms with Crippen LogP contribution in [-0.2, 0) is 6.54 Å². The van der Waals surface area contributed by atoms with Crippen LogP contribution >= 0.6 is 0 Å². The van der Waals surface area contributed by atoms with Crippen LogP contribution in [0, 0.1) is 0 Å². The fourth-order valence-electron chi connectivity index (χ4n) is 2.07. The van der Waals surface area contributed by atoms with Gasteiger partial charge in [0.2, 0.25) is 5.69 Å². The van der Waals surface area contributed by atoms with E-state index in [1.807, 2.05) is 30.3 Å². The molecular weight excluding hydrogens is 250 g/mol. The molecule has 0 radical (unpaired) electrons. The van der Waals surface area contributed by atoms with Crippen LogP contribution in [-0.4, -0.2) is 14.2 Å². The van der Waals surface area contributed by atoms with Crippen molar-refractivity contribution in [3.05, 3.63) is 53.9 Å². The first kappa shape index (κ1) is 14.1. The number of hydrogen-bond acceptors (Lipinski definition) is 2. The normalized spacial score (nSPS) is 10.8. The van der Waals surface area contributed by atoms with Gasteiger partial charge in [-0.15, -0.1) is 0 Å². The topological polar surface area (TPSA) is 22.3 Å². The maximum atomic E-state index is 5.31. The summed E-state index contributed by atoms with van der Waals surface area (Å²) in [5.74, 6) is 1.49. The first-order valence-electron chi connectivity index (χ1n) is 6.67. The molecule has 0 unspecified atom stereocenters. The molecule has 104 valence electrons. The standard InChI is InChI=1S/C17H20NO2/c1-4-18-12-6-5-7-15(18)10-8-14-9-11-16(19-2)17(13-14)20-3/h5-13H,4H2,1-3H3/q+1/b10-8+. The van der Waals surface area contributed by atoms with Crippen LogP contribution in [0.3, 0.4) is 0 Å². The molecule has 1 aromatic carbocycles. The van der Waals surface area contributed by atoms with Crippen LogP contribution in [0.25, 0.3) is 12.2 Å². The predicted molar refractivity (Wildman–Crippen MR) is 80.8 cm³/mol. The van der Waals surface area contributed by atoms with Crippen molar-refractivity contribution < 1.29 is 14.0 Å². The molecule has 0 N–H and O–H groups in total. The van der Waals surface area contributed by atoms with Crippen LogP contribution in [0.2, 0.25) is 0 Å². The van der Waals surface area contributed by atoms with Crippen molar-refractivity contribution in [2.24, 2.45) is 0 Å². The number of methoxy groups -OCH3 is 2. The fourth-order valence-corrected chi connectivity index (χ4v) is 2.07. The Bertz CT molecular complexity index is 606. The Morgan fingerprint density at radius 2 is 1.80 bits per heavy atom. The largest absolute Gasteiger partial charge is 0.493 e. The molecule has 2 rings (SSSR count). The molecule has 1 heterocycles. The Hall–Kier alpha value is -2.29. The van der Waals surface area contributed by atoms with Gasteiger partial charge in [0, 0.05) is 18.2 Å². The summed E-state index contributed by atoms with van der Waals surface area (Å²) in [6, 6.07) is 12.1. The third kappa shape index (κ3) is 3.18. The van der Waals surface area contributed by atoms with Crippen molar-refractivity contribution in [3.63, 3.8) is 0 Å². The van der Waals surface area contributed by atoms with E-state index in [0.29, 0.717) is 0 Å². The minimum Gasteiger partial charge on any atom is -0.493 e. The summed E-state index contributed by atoms with van der Waals surface area (Å²) >= 11 is 0. The highest BCUT2D eigenvalue weighted by Gasteiger charge is 2.05. The van der Waals surface area contributed by atoms with Crippen LogP contribution in [0.5, 0.6) is 11.5 Å². The second-order valence-corrected chi connectivity index (χ2v) is 4.36. The third-order valence-electron chi connectivity index (χ3n) is 3.17. The molecule has 0 aliphatic carbocycles. The summed E-state index contributed by atoms with van der Waals surface area (Å²) < 4.78 is 12.7. The van der Waals surface area contributed by atoms with E-state index in [2.05, 4.69) is 35.9 Å².